The molecule has 2 heterocycles. The van der Waals surface area contributed by atoms with Gasteiger partial charge >= 0.3 is 0 Å². The third kappa shape index (κ3) is 2.97. The molecule has 0 saturated heterocycles. The maximum atomic E-state index is 11.5. The van der Waals surface area contributed by atoms with Crippen molar-refractivity contribution in [2.45, 2.75) is 39.4 Å². The van der Waals surface area contributed by atoms with Gasteiger partial charge in [0.05, 0.1) is 17.8 Å². The van der Waals surface area contributed by atoms with E-state index in [9.17, 15) is 10.1 Å². The molecular formula is C19H19N3O2S. The van der Waals surface area contributed by atoms with Crippen LogP contribution in [0.15, 0.2) is 24.3 Å². The standard InChI is InChI=1S/C19H19N3O2S/c1-11(23)12-4-6-13(7-5-12)22-17(21)15(9-20)14-8-19(2,3)24-10-16(14)18(22)25/h4-7H,8,10,21H2,1-3H3. The van der Waals surface area contributed by atoms with Crippen LogP contribution in [0.5, 0.6) is 0 Å². The minimum absolute atomic E-state index is 0.0121. The predicted octanol–water partition coefficient (Wildman–Crippen LogP) is 3.71. The molecule has 2 aromatic rings. The molecule has 1 aliphatic rings. The van der Waals surface area contributed by atoms with Crippen LogP contribution in [0.25, 0.3) is 5.69 Å². The Morgan fingerprint density at radius 1 is 1.32 bits per heavy atom. The molecule has 0 aliphatic carbocycles. The van der Waals surface area contributed by atoms with E-state index in [-0.39, 0.29) is 11.4 Å². The van der Waals surface area contributed by atoms with Gasteiger partial charge in [0.25, 0.3) is 0 Å². The van der Waals surface area contributed by atoms with E-state index in [2.05, 4.69) is 6.07 Å². The average molecular weight is 353 g/mol. The number of nitrogen functional groups attached to an aromatic ring is 1. The van der Waals surface area contributed by atoms with Crippen LogP contribution in [0.2, 0.25) is 0 Å². The molecule has 1 aliphatic heterocycles. The number of ketones is 1. The lowest BCUT2D eigenvalue weighted by atomic mass is 9.89. The monoisotopic (exact) mass is 353 g/mol. The summed E-state index contributed by atoms with van der Waals surface area (Å²) in [6.45, 7) is 5.83. The Morgan fingerprint density at radius 2 is 1.96 bits per heavy atom. The maximum Gasteiger partial charge on any atom is 0.159 e. The van der Waals surface area contributed by atoms with Crippen LogP contribution in [0.3, 0.4) is 0 Å². The molecule has 0 fully saturated rings. The van der Waals surface area contributed by atoms with Gasteiger partial charge in [-0.3, -0.25) is 9.36 Å². The summed E-state index contributed by atoms with van der Waals surface area (Å²) < 4.78 is 8.10. The van der Waals surface area contributed by atoms with Crippen molar-refractivity contribution in [2.75, 3.05) is 5.73 Å². The highest BCUT2D eigenvalue weighted by Crippen LogP contribution is 2.34. The summed E-state index contributed by atoms with van der Waals surface area (Å²) in [5.74, 6) is 0.307. The van der Waals surface area contributed by atoms with Crippen molar-refractivity contribution < 1.29 is 9.53 Å². The van der Waals surface area contributed by atoms with Crippen molar-refractivity contribution in [2.24, 2.45) is 0 Å². The number of benzene rings is 1. The van der Waals surface area contributed by atoms with Crippen molar-refractivity contribution in [1.82, 2.24) is 4.57 Å². The lowest BCUT2D eigenvalue weighted by molar-refractivity contribution is -0.0405. The number of fused-ring (bicyclic) bond motifs is 1. The molecule has 0 bridgehead atoms. The number of aromatic nitrogens is 1. The Balaban J connectivity index is 2.24. The molecule has 0 saturated carbocycles. The number of nitrogens with zero attached hydrogens (tertiary/aromatic N) is 2. The summed E-state index contributed by atoms with van der Waals surface area (Å²) in [4.78, 5) is 11.5. The molecule has 128 valence electrons. The zero-order valence-corrected chi connectivity index (χ0v) is 15.2. The molecule has 0 radical (unpaired) electrons. The molecule has 0 spiro atoms. The van der Waals surface area contributed by atoms with Crippen LogP contribution < -0.4 is 5.73 Å². The summed E-state index contributed by atoms with van der Waals surface area (Å²) >= 11 is 5.64. The lowest BCUT2D eigenvalue weighted by Gasteiger charge is -2.33. The quantitative estimate of drug-likeness (QED) is 0.657. The van der Waals surface area contributed by atoms with Gasteiger partial charge < -0.3 is 10.5 Å². The van der Waals surface area contributed by atoms with Crippen LogP contribution >= 0.6 is 12.2 Å². The van der Waals surface area contributed by atoms with Gasteiger partial charge in [-0.15, -0.1) is 0 Å². The van der Waals surface area contributed by atoms with E-state index in [1.54, 1.807) is 28.8 Å². The second-order valence-electron chi connectivity index (χ2n) is 6.80. The molecule has 5 nitrogen and oxygen atoms in total. The zero-order valence-electron chi connectivity index (χ0n) is 14.4. The normalized spacial score (nSPS) is 15.3. The Hall–Kier alpha value is -2.49. The van der Waals surface area contributed by atoms with Crippen LogP contribution in [0, 0.1) is 16.0 Å². The molecule has 3 rings (SSSR count). The summed E-state index contributed by atoms with van der Waals surface area (Å²) in [6, 6.07) is 9.24. The number of carbonyl (C=O) groups is 1. The fraction of sp³-hybridized carbons (Fsp3) is 0.316. The predicted molar refractivity (Wildman–Crippen MR) is 98.3 cm³/mol. The van der Waals surface area contributed by atoms with Crippen LogP contribution in [0.4, 0.5) is 5.82 Å². The molecule has 25 heavy (non-hydrogen) atoms. The van der Waals surface area contributed by atoms with Gasteiger partial charge in [-0.25, -0.2) is 0 Å². The molecular weight excluding hydrogens is 334 g/mol. The second kappa shape index (κ2) is 6.10. The summed E-state index contributed by atoms with van der Waals surface area (Å²) in [7, 11) is 0. The SMILES string of the molecule is CC(=O)c1ccc(-n2c(N)c(C#N)c3c(c2=S)COC(C)(C)C3)cc1. The largest absolute Gasteiger partial charge is 0.384 e. The average Bonchev–Trinajstić information content (AvgIpc) is 2.54. The number of Topliss-reactive ketones (excluding diaryl/α,β-unsaturated/α-hetero) is 1. The number of nitrogens with two attached hydrogens (primary N) is 1. The molecule has 6 heteroatoms. The third-order valence-corrected chi connectivity index (χ3v) is 4.91. The molecule has 1 aromatic heterocycles. The van der Waals surface area contributed by atoms with Gasteiger partial charge in [0, 0.05) is 23.2 Å². The lowest BCUT2D eigenvalue weighted by Crippen LogP contribution is -2.33. The number of anilines is 1. The summed E-state index contributed by atoms with van der Waals surface area (Å²) in [5, 5.41) is 9.66. The fourth-order valence-electron chi connectivity index (χ4n) is 3.11. The Labute approximate surface area is 151 Å². The van der Waals surface area contributed by atoms with Gasteiger partial charge in [0.1, 0.15) is 16.5 Å². The van der Waals surface area contributed by atoms with E-state index < -0.39 is 0 Å². The van der Waals surface area contributed by atoms with E-state index >= 15 is 0 Å². The number of nitriles is 1. The second-order valence-corrected chi connectivity index (χ2v) is 7.18. The highest BCUT2D eigenvalue weighted by atomic mass is 32.1. The summed E-state index contributed by atoms with van der Waals surface area (Å²) in [5.41, 5.74) is 9.41. The smallest absolute Gasteiger partial charge is 0.159 e. The first-order valence-corrected chi connectivity index (χ1v) is 8.37. The van der Waals surface area contributed by atoms with Crippen molar-refractivity contribution in [1.29, 1.82) is 5.26 Å². The van der Waals surface area contributed by atoms with E-state index in [4.69, 9.17) is 22.7 Å². The number of hydrogen-bond acceptors (Lipinski definition) is 5. The van der Waals surface area contributed by atoms with Crippen LogP contribution in [-0.2, 0) is 17.8 Å². The Kier molecular flexibility index (Phi) is 4.23. The Morgan fingerprint density at radius 3 is 2.52 bits per heavy atom. The van der Waals surface area contributed by atoms with E-state index in [0.29, 0.717) is 34.6 Å². The minimum Gasteiger partial charge on any atom is -0.384 e. The molecule has 0 atom stereocenters. The fourth-order valence-corrected chi connectivity index (χ4v) is 3.49. The number of carbonyl (C=O) groups excluding carboxylic acids is 1. The van der Waals surface area contributed by atoms with E-state index in [0.717, 1.165) is 16.8 Å². The molecule has 1 aromatic carbocycles. The Bertz CT molecular complexity index is 966. The zero-order chi connectivity index (χ0) is 18.4. The van der Waals surface area contributed by atoms with Crippen LogP contribution in [-0.4, -0.2) is 16.0 Å². The van der Waals surface area contributed by atoms with Gasteiger partial charge in [-0.1, -0.05) is 12.2 Å². The highest BCUT2D eigenvalue weighted by molar-refractivity contribution is 7.71. The van der Waals surface area contributed by atoms with E-state index in [1.807, 2.05) is 13.8 Å². The first-order valence-electron chi connectivity index (χ1n) is 7.97. The first-order chi connectivity index (χ1) is 11.7. The van der Waals surface area contributed by atoms with Crippen molar-refractivity contribution in [3.05, 3.63) is 51.2 Å². The van der Waals surface area contributed by atoms with Crippen molar-refractivity contribution in [3.63, 3.8) is 0 Å². The third-order valence-electron chi connectivity index (χ3n) is 4.48. The summed E-state index contributed by atoms with van der Waals surface area (Å²) in [6.07, 6.45) is 0.586. The number of rotatable bonds is 2. The number of pyridine rings is 1. The number of ether oxygens (including phenoxy) is 1. The molecule has 2 N–H and O–H groups in total. The van der Waals surface area contributed by atoms with E-state index in [1.165, 1.54) is 6.92 Å². The number of hydrogen-bond donors (Lipinski definition) is 1. The van der Waals surface area contributed by atoms with Gasteiger partial charge in [0.15, 0.2) is 5.78 Å². The highest BCUT2D eigenvalue weighted by Gasteiger charge is 2.31. The van der Waals surface area contributed by atoms with Crippen molar-refractivity contribution >= 4 is 23.8 Å². The minimum atomic E-state index is -0.359. The van der Waals surface area contributed by atoms with Crippen molar-refractivity contribution in [3.8, 4) is 11.8 Å². The first kappa shape index (κ1) is 17.3. The van der Waals surface area contributed by atoms with Gasteiger partial charge in [0.2, 0.25) is 0 Å². The maximum absolute atomic E-state index is 11.5. The molecule has 0 unspecified atom stereocenters. The molecule has 0 amide bonds. The van der Waals surface area contributed by atoms with Gasteiger partial charge in [-0.2, -0.15) is 5.26 Å². The van der Waals surface area contributed by atoms with Gasteiger partial charge in [-0.05, 0) is 50.6 Å². The topological polar surface area (TPSA) is 81.0 Å². The van der Waals surface area contributed by atoms with Crippen LogP contribution in [0.1, 0.15) is 47.8 Å².